The number of hydrogen-bond acceptors (Lipinski definition) is 2. The van der Waals surface area contributed by atoms with Gasteiger partial charge in [0.2, 0.25) is 0 Å². The Labute approximate surface area is 172 Å². The summed E-state index contributed by atoms with van der Waals surface area (Å²) in [7, 11) is 2.03. The molecule has 1 atom stereocenters. The lowest BCUT2D eigenvalue weighted by molar-refractivity contribution is -0.921. The van der Waals surface area contributed by atoms with E-state index in [1.54, 1.807) is 0 Å². The highest BCUT2D eigenvalue weighted by Gasteiger charge is 2.16. The molecule has 0 radical (unpaired) electrons. The summed E-state index contributed by atoms with van der Waals surface area (Å²) in [6.45, 7) is 6.54. The molecule has 2 aromatic carbocycles. The number of morpholine rings is 1. The van der Waals surface area contributed by atoms with Gasteiger partial charge in [0.25, 0.3) is 5.91 Å². The van der Waals surface area contributed by atoms with Crippen LogP contribution in [0.4, 0.5) is 0 Å². The van der Waals surface area contributed by atoms with Crippen molar-refractivity contribution in [1.29, 1.82) is 0 Å². The van der Waals surface area contributed by atoms with Gasteiger partial charge in [-0.2, -0.15) is 0 Å². The van der Waals surface area contributed by atoms with Gasteiger partial charge in [0.1, 0.15) is 26.2 Å². The Bertz CT molecular complexity index is 761. The first-order chi connectivity index (χ1) is 13.6. The number of ether oxygens (including phenoxy) is 1. The van der Waals surface area contributed by atoms with Crippen LogP contribution in [0, 0.1) is 0 Å². The summed E-state index contributed by atoms with van der Waals surface area (Å²) in [5.41, 5.74) is 3.68. The molecule has 0 aromatic heterocycles. The van der Waals surface area contributed by atoms with Gasteiger partial charge in [-0.25, -0.2) is 0 Å². The third kappa shape index (κ3) is 6.60. The van der Waals surface area contributed by atoms with E-state index in [-0.39, 0.29) is 5.91 Å². The minimum absolute atomic E-state index is 0.0694. The average molecular weight is 404 g/mol. The van der Waals surface area contributed by atoms with Gasteiger partial charge >= 0.3 is 0 Å². The summed E-state index contributed by atoms with van der Waals surface area (Å²) in [4.78, 5) is 15.1. The number of hydrogen-bond donors (Lipinski definition) is 3. The van der Waals surface area contributed by atoms with Crippen molar-refractivity contribution in [3.8, 4) is 0 Å². The van der Waals surface area contributed by atoms with Gasteiger partial charge < -0.3 is 19.9 Å². The summed E-state index contributed by atoms with van der Waals surface area (Å²) in [5, 5.41) is 3.82. The zero-order valence-electron chi connectivity index (χ0n) is 16.5. The maximum Gasteiger partial charge on any atom is 0.275 e. The number of carbonyl (C=O) groups is 1. The Morgan fingerprint density at radius 1 is 1.11 bits per heavy atom. The molecule has 3 rings (SSSR count). The maximum absolute atomic E-state index is 12.4. The Morgan fingerprint density at radius 3 is 2.50 bits per heavy atom. The highest BCUT2D eigenvalue weighted by molar-refractivity contribution is 6.30. The SMILES string of the molecule is C[NH+](CC(=O)NCc1ccccc1C[NH+]1CCOCC1)Cc1ccc(Cl)cc1. The van der Waals surface area contributed by atoms with Crippen LogP contribution in [-0.4, -0.2) is 45.8 Å². The predicted molar refractivity (Wildman–Crippen MR) is 110 cm³/mol. The summed E-state index contributed by atoms with van der Waals surface area (Å²) in [6, 6.07) is 16.2. The van der Waals surface area contributed by atoms with Crippen LogP contribution in [0.5, 0.6) is 0 Å². The third-order valence-corrected chi connectivity index (χ3v) is 5.37. The molecular weight excluding hydrogens is 374 g/mol. The van der Waals surface area contributed by atoms with E-state index in [9.17, 15) is 4.79 Å². The molecular formula is C22H30ClN3O2+2. The first-order valence-electron chi connectivity index (χ1n) is 9.90. The number of likely N-dealkylation sites (N-methyl/N-ethyl adjacent to an activating group) is 1. The minimum atomic E-state index is 0.0694. The van der Waals surface area contributed by atoms with Gasteiger partial charge in [-0.05, 0) is 17.7 Å². The fraction of sp³-hybridized carbons (Fsp3) is 0.409. The summed E-state index contributed by atoms with van der Waals surface area (Å²) >= 11 is 5.93. The van der Waals surface area contributed by atoms with Crippen LogP contribution >= 0.6 is 11.6 Å². The average Bonchev–Trinajstić information content (AvgIpc) is 2.70. The van der Waals surface area contributed by atoms with E-state index in [1.807, 2.05) is 37.4 Å². The molecule has 28 heavy (non-hydrogen) atoms. The van der Waals surface area contributed by atoms with Crippen LogP contribution in [0.3, 0.4) is 0 Å². The number of nitrogens with one attached hydrogen (secondary N) is 3. The summed E-state index contributed by atoms with van der Waals surface area (Å²) in [6.07, 6.45) is 0. The molecule has 0 spiro atoms. The molecule has 3 N–H and O–H groups in total. The standard InChI is InChI=1S/C22H28ClN3O2/c1-25(15-18-6-8-21(23)9-7-18)17-22(27)24-14-19-4-2-3-5-20(19)16-26-10-12-28-13-11-26/h2-9H,10-17H2,1H3,(H,24,27)/p+2. The molecule has 150 valence electrons. The van der Waals surface area contributed by atoms with Crippen molar-refractivity contribution in [1.82, 2.24) is 5.32 Å². The zero-order valence-corrected chi connectivity index (χ0v) is 17.2. The van der Waals surface area contributed by atoms with Crippen LogP contribution in [0.25, 0.3) is 0 Å². The van der Waals surface area contributed by atoms with E-state index in [1.165, 1.54) is 21.6 Å². The summed E-state index contributed by atoms with van der Waals surface area (Å²) in [5.74, 6) is 0.0694. The molecule has 5 nitrogen and oxygen atoms in total. The summed E-state index contributed by atoms with van der Waals surface area (Å²) < 4.78 is 5.45. The molecule has 1 fully saturated rings. The molecule has 6 heteroatoms. The first kappa shape index (κ1) is 20.8. The Morgan fingerprint density at radius 2 is 1.79 bits per heavy atom. The van der Waals surface area contributed by atoms with Crippen LogP contribution < -0.4 is 15.1 Å². The van der Waals surface area contributed by atoms with Crippen LogP contribution in [0.1, 0.15) is 16.7 Å². The Kier molecular flexibility index (Phi) is 7.86. The predicted octanol–water partition coefficient (Wildman–Crippen LogP) is 0.0862. The Balaban J connectivity index is 1.48. The van der Waals surface area contributed by atoms with Crippen LogP contribution in [0.15, 0.2) is 48.5 Å². The van der Waals surface area contributed by atoms with Gasteiger partial charge in [-0.3, -0.25) is 4.79 Å². The molecule has 1 heterocycles. The number of amides is 1. The lowest BCUT2D eigenvalue weighted by Gasteiger charge is -2.24. The van der Waals surface area contributed by atoms with Gasteiger partial charge in [-0.15, -0.1) is 0 Å². The molecule has 0 bridgehead atoms. The fourth-order valence-corrected chi connectivity index (χ4v) is 3.68. The topological polar surface area (TPSA) is 47.2 Å². The van der Waals surface area contributed by atoms with Crippen molar-refractivity contribution in [3.63, 3.8) is 0 Å². The van der Waals surface area contributed by atoms with Crippen LogP contribution in [-0.2, 0) is 29.2 Å². The van der Waals surface area contributed by atoms with E-state index in [2.05, 4.69) is 23.5 Å². The second-order valence-electron chi connectivity index (χ2n) is 7.52. The van der Waals surface area contributed by atoms with E-state index in [0.29, 0.717) is 13.1 Å². The molecule has 0 saturated carbocycles. The largest absolute Gasteiger partial charge is 0.370 e. The molecule has 0 aliphatic carbocycles. The second-order valence-corrected chi connectivity index (χ2v) is 7.96. The first-order valence-corrected chi connectivity index (χ1v) is 10.3. The van der Waals surface area contributed by atoms with E-state index in [4.69, 9.17) is 16.3 Å². The van der Waals surface area contributed by atoms with E-state index < -0.39 is 0 Å². The van der Waals surface area contributed by atoms with Crippen molar-refractivity contribution < 1.29 is 19.3 Å². The monoisotopic (exact) mass is 403 g/mol. The quantitative estimate of drug-likeness (QED) is 0.585. The van der Waals surface area contributed by atoms with Crippen molar-refractivity contribution in [3.05, 3.63) is 70.2 Å². The molecule has 1 amide bonds. The van der Waals surface area contributed by atoms with Crippen molar-refractivity contribution in [2.24, 2.45) is 0 Å². The van der Waals surface area contributed by atoms with Crippen molar-refractivity contribution in [2.45, 2.75) is 19.6 Å². The molecule has 1 aliphatic heterocycles. The van der Waals surface area contributed by atoms with E-state index in [0.717, 1.165) is 49.3 Å². The minimum Gasteiger partial charge on any atom is -0.370 e. The van der Waals surface area contributed by atoms with Crippen molar-refractivity contribution in [2.75, 3.05) is 39.9 Å². The number of halogens is 1. The molecule has 1 unspecified atom stereocenters. The number of rotatable bonds is 8. The highest BCUT2D eigenvalue weighted by atomic mass is 35.5. The van der Waals surface area contributed by atoms with Gasteiger partial charge in [0.05, 0.1) is 20.3 Å². The normalized spacial score (nSPS) is 15.9. The van der Waals surface area contributed by atoms with Crippen molar-refractivity contribution >= 4 is 17.5 Å². The number of carbonyl (C=O) groups excluding carboxylic acids is 1. The number of benzene rings is 2. The number of quaternary nitrogens is 2. The molecule has 2 aromatic rings. The zero-order chi connectivity index (χ0) is 19.8. The Hall–Kier alpha value is -1.92. The van der Waals surface area contributed by atoms with Gasteiger partial charge in [0.15, 0.2) is 6.54 Å². The molecule has 1 aliphatic rings. The fourth-order valence-electron chi connectivity index (χ4n) is 3.55. The van der Waals surface area contributed by atoms with Crippen LogP contribution in [0.2, 0.25) is 5.02 Å². The second kappa shape index (κ2) is 10.6. The molecule has 1 saturated heterocycles. The third-order valence-electron chi connectivity index (χ3n) is 5.12. The maximum atomic E-state index is 12.4. The van der Waals surface area contributed by atoms with E-state index >= 15 is 0 Å². The van der Waals surface area contributed by atoms with Gasteiger partial charge in [-0.1, -0.05) is 48.0 Å². The smallest absolute Gasteiger partial charge is 0.275 e. The lowest BCUT2D eigenvalue weighted by atomic mass is 10.1. The lowest BCUT2D eigenvalue weighted by Crippen LogP contribution is -3.12. The highest BCUT2D eigenvalue weighted by Crippen LogP contribution is 2.09. The van der Waals surface area contributed by atoms with Gasteiger partial charge in [0, 0.05) is 22.7 Å².